The number of fused-ring (bicyclic) bond motifs is 1. The Kier molecular flexibility index (Phi) is 3.83. The predicted molar refractivity (Wildman–Crippen MR) is 87.4 cm³/mol. The van der Waals surface area contributed by atoms with Crippen molar-refractivity contribution in [3.05, 3.63) is 64.7 Å². The zero-order chi connectivity index (χ0) is 15.7. The number of ether oxygens (including phenoxy) is 1. The monoisotopic (exact) mass is 315 g/mol. The Bertz CT molecular complexity index is 694. The summed E-state index contributed by atoms with van der Waals surface area (Å²) in [4.78, 5) is 12.5. The number of benzene rings is 2. The fourth-order valence-corrected chi connectivity index (χ4v) is 2.90. The standard InChI is InChI=1S/C18H18ClNO2/c1-18(2)11-15(14-5-3-4-6-16(14)22-18)20-17(21)12-7-9-13(19)10-8-12/h3-10,15H,11H2,1-2H3,(H,20,21)/t15-/m1/s1. The molecule has 0 saturated heterocycles. The Morgan fingerprint density at radius 3 is 2.59 bits per heavy atom. The molecule has 1 amide bonds. The highest BCUT2D eigenvalue weighted by atomic mass is 35.5. The molecule has 1 N–H and O–H groups in total. The van der Waals surface area contributed by atoms with Crippen molar-refractivity contribution in [2.45, 2.75) is 31.9 Å². The summed E-state index contributed by atoms with van der Waals surface area (Å²) in [5.74, 6) is 0.731. The van der Waals surface area contributed by atoms with Crippen LogP contribution in [0.15, 0.2) is 48.5 Å². The molecule has 0 spiro atoms. The molecule has 0 fully saturated rings. The number of carbonyl (C=O) groups is 1. The van der Waals surface area contributed by atoms with E-state index in [9.17, 15) is 4.79 Å². The SMILES string of the molecule is CC1(C)C[C@@H](NC(=O)c2ccc(Cl)cc2)c2ccccc2O1. The van der Waals surface area contributed by atoms with E-state index in [1.807, 2.05) is 38.1 Å². The molecular formula is C18H18ClNO2. The fourth-order valence-electron chi connectivity index (χ4n) is 2.77. The molecule has 22 heavy (non-hydrogen) atoms. The van der Waals surface area contributed by atoms with E-state index in [0.29, 0.717) is 10.6 Å². The Labute approximate surface area is 135 Å². The van der Waals surface area contributed by atoms with Crippen LogP contribution in [0.2, 0.25) is 5.02 Å². The van der Waals surface area contributed by atoms with Gasteiger partial charge in [0.15, 0.2) is 0 Å². The van der Waals surface area contributed by atoms with Gasteiger partial charge in [-0.15, -0.1) is 0 Å². The molecule has 4 heteroatoms. The van der Waals surface area contributed by atoms with Crippen LogP contribution in [-0.4, -0.2) is 11.5 Å². The topological polar surface area (TPSA) is 38.3 Å². The smallest absolute Gasteiger partial charge is 0.251 e. The van der Waals surface area contributed by atoms with E-state index in [2.05, 4.69) is 5.32 Å². The lowest BCUT2D eigenvalue weighted by molar-refractivity contribution is 0.0620. The number of nitrogens with one attached hydrogen (secondary N) is 1. The van der Waals surface area contributed by atoms with Gasteiger partial charge in [0, 0.05) is 22.6 Å². The second-order valence-corrected chi connectivity index (χ2v) is 6.57. The molecule has 2 aromatic rings. The number of halogens is 1. The van der Waals surface area contributed by atoms with Crippen molar-refractivity contribution in [1.82, 2.24) is 5.32 Å². The highest BCUT2D eigenvalue weighted by Gasteiger charge is 2.34. The van der Waals surface area contributed by atoms with Crippen molar-refractivity contribution >= 4 is 17.5 Å². The van der Waals surface area contributed by atoms with E-state index in [0.717, 1.165) is 17.7 Å². The Hall–Kier alpha value is -2.00. The normalized spacial score (nSPS) is 19.0. The van der Waals surface area contributed by atoms with Gasteiger partial charge in [-0.3, -0.25) is 4.79 Å². The highest BCUT2D eigenvalue weighted by molar-refractivity contribution is 6.30. The third kappa shape index (κ3) is 3.09. The largest absolute Gasteiger partial charge is 0.487 e. The zero-order valence-corrected chi connectivity index (χ0v) is 13.4. The molecule has 0 radical (unpaired) electrons. The number of hydrogen-bond donors (Lipinski definition) is 1. The summed E-state index contributed by atoms with van der Waals surface area (Å²) < 4.78 is 5.98. The van der Waals surface area contributed by atoms with Crippen LogP contribution >= 0.6 is 11.6 Å². The quantitative estimate of drug-likeness (QED) is 0.893. The molecule has 3 rings (SSSR count). The molecule has 0 saturated carbocycles. The second kappa shape index (κ2) is 5.65. The Morgan fingerprint density at radius 2 is 1.86 bits per heavy atom. The zero-order valence-electron chi connectivity index (χ0n) is 12.6. The van der Waals surface area contributed by atoms with Crippen molar-refractivity contribution in [3.63, 3.8) is 0 Å². The summed E-state index contributed by atoms with van der Waals surface area (Å²) in [6, 6.07) is 14.7. The minimum absolute atomic E-state index is 0.0665. The number of carbonyl (C=O) groups excluding carboxylic acids is 1. The predicted octanol–water partition coefficient (Wildman–Crippen LogP) is 4.37. The average Bonchev–Trinajstić information content (AvgIpc) is 2.46. The van der Waals surface area contributed by atoms with Crippen LogP contribution in [-0.2, 0) is 0 Å². The van der Waals surface area contributed by atoms with Crippen molar-refractivity contribution in [1.29, 1.82) is 0 Å². The van der Waals surface area contributed by atoms with Gasteiger partial charge in [-0.2, -0.15) is 0 Å². The molecule has 0 bridgehead atoms. The summed E-state index contributed by atoms with van der Waals surface area (Å²) in [6.07, 6.45) is 0.726. The molecule has 114 valence electrons. The molecule has 1 aliphatic rings. The maximum absolute atomic E-state index is 12.5. The van der Waals surface area contributed by atoms with E-state index in [-0.39, 0.29) is 17.6 Å². The van der Waals surface area contributed by atoms with Gasteiger partial charge in [0.2, 0.25) is 0 Å². The van der Waals surface area contributed by atoms with Crippen molar-refractivity contribution in [2.24, 2.45) is 0 Å². The van der Waals surface area contributed by atoms with Gasteiger partial charge >= 0.3 is 0 Å². The lowest BCUT2D eigenvalue weighted by Crippen LogP contribution is -2.41. The maximum atomic E-state index is 12.5. The first-order valence-corrected chi connectivity index (χ1v) is 7.67. The number of rotatable bonds is 2. The van der Waals surface area contributed by atoms with Crippen LogP contribution in [0.4, 0.5) is 0 Å². The first kappa shape index (κ1) is 14.9. The molecular weight excluding hydrogens is 298 g/mol. The molecule has 0 aliphatic carbocycles. The lowest BCUT2D eigenvalue weighted by Gasteiger charge is -2.37. The summed E-state index contributed by atoms with van der Waals surface area (Å²) >= 11 is 5.86. The fraction of sp³-hybridized carbons (Fsp3) is 0.278. The van der Waals surface area contributed by atoms with Gasteiger partial charge in [0.1, 0.15) is 11.4 Å². The third-order valence-corrected chi connectivity index (χ3v) is 4.04. The number of amides is 1. The van der Waals surface area contributed by atoms with E-state index in [1.54, 1.807) is 24.3 Å². The number of para-hydroxylation sites is 1. The van der Waals surface area contributed by atoms with Crippen molar-refractivity contribution < 1.29 is 9.53 Å². The molecule has 2 aromatic carbocycles. The highest BCUT2D eigenvalue weighted by Crippen LogP contribution is 2.39. The van der Waals surface area contributed by atoms with E-state index < -0.39 is 0 Å². The average molecular weight is 316 g/mol. The van der Waals surface area contributed by atoms with Gasteiger partial charge in [0.25, 0.3) is 5.91 Å². The van der Waals surface area contributed by atoms with Crippen LogP contribution in [0.1, 0.15) is 42.2 Å². The Morgan fingerprint density at radius 1 is 1.18 bits per heavy atom. The van der Waals surface area contributed by atoms with Gasteiger partial charge in [-0.25, -0.2) is 0 Å². The van der Waals surface area contributed by atoms with Crippen molar-refractivity contribution in [2.75, 3.05) is 0 Å². The van der Waals surface area contributed by atoms with E-state index >= 15 is 0 Å². The minimum Gasteiger partial charge on any atom is -0.487 e. The van der Waals surface area contributed by atoms with Crippen LogP contribution in [0.3, 0.4) is 0 Å². The first-order chi connectivity index (χ1) is 10.4. The third-order valence-electron chi connectivity index (χ3n) is 3.79. The van der Waals surface area contributed by atoms with Crippen molar-refractivity contribution in [3.8, 4) is 5.75 Å². The van der Waals surface area contributed by atoms with Gasteiger partial charge < -0.3 is 10.1 Å². The summed E-state index contributed by atoms with van der Waals surface area (Å²) in [5.41, 5.74) is 1.31. The van der Waals surface area contributed by atoms with Crippen LogP contribution in [0.5, 0.6) is 5.75 Å². The molecule has 1 heterocycles. The summed E-state index contributed by atoms with van der Waals surface area (Å²) in [7, 11) is 0. The van der Waals surface area contributed by atoms with Gasteiger partial charge in [0.05, 0.1) is 6.04 Å². The minimum atomic E-state index is -0.313. The molecule has 0 unspecified atom stereocenters. The van der Waals surface area contributed by atoms with E-state index in [4.69, 9.17) is 16.3 Å². The molecule has 0 aromatic heterocycles. The van der Waals surface area contributed by atoms with Gasteiger partial charge in [-0.05, 0) is 44.2 Å². The van der Waals surface area contributed by atoms with E-state index in [1.165, 1.54) is 0 Å². The maximum Gasteiger partial charge on any atom is 0.251 e. The first-order valence-electron chi connectivity index (χ1n) is 7.29. The van der Waals surface area contributed by atoms with Crippen LogP contribution < -0.4 is 10.1 Å². The number of hydrogen-bond acceptors (Lipinski definition) is 2. The van der Waals surface area contributed by atoms with Crippen LogP contribution in [0, 0.1) is 0 Å². The van der Waals surface area contributed by atoms with Crippen LogP contribution in [0.25, 0.3) is 0 Å². The second-order valence-electron chi connectivity index (χ2n) is 6.14. The summed E-state index contributed by atoms with van der Waals surface area (Å²) in [5, 5.41) is 3.72. The lowest BCUT2D eigenvalue weighted by atomic mass is 9.89. The molecule has 3 nitrogen and oxygen atoms in total. The van der Waals surface area contributed by atoms with Gasteiger partial charge in [-0.1, -0.05) is 29.8 Å². The Balaban J connectivity index is 1.85. The molecule has 1 aliphatic heterocycles. The molecule has 1 atom stereocenters. The summed E-state index contributed by atoms with van der Waals surface area (Å²) in [6.45, 7) is 4.06.